The number of benzene rings is 3. The lowest BCUT2D eigenvalue weighted by molar-refractivity contribution is -0.136. The summed E-state index contributed by atoms with van der Waals surface area (Å²) in [7, 11) is 0. The summed E-state index contributed by atoms with van der Waals surface area (Å²) in [6.45, 7) is 3.76. The van der Waals surface area contributed by atoms with E-state index in [9.17, 15) is 4.79 Å². The Morgan fingerprint density at radius 2 is 1.67 bits per heavy atom. The first-order chi connectivity index (χ1) is 11.5. The number of hydrogen-bond donors (Lipinski definition) is 0. The van der Waals surface area contributed by atoms with E-state index < -0.39 is 5.97 Å². The van der Waals surface area contributed by atoms with Crippen molar-refractivity contribution in [2.75, 3.05) is 6.61 Å². The van der Waals surface area contributed by atoms with Crippen LogP contribution in [-0.4, -0.2) is 12.6 Å². The van der Waals surface area contributed by atoms with Gasteiger partial charge < -0.3 is 9.47 Å². The fraction of sp³-hybridized carbons (Fsp3) is 0.150. The van der Waals surface area contributed by atoms with Gasteiger partial charge in [0.2, 0.25) is 0 Å². The highest BCUT2D eigenvalue weighted by Crippen LogP contribution is 2.28. The van der Waals surface area contributed by atoms with Gasteiger partial charge in [-0.1, -0.05) is 52.3 Å². The average Bonchev–Trinajstić information content (AvgIpc) is 2.54. The van der Waals surface area contributed by atoms with E-state index in [1.54, 1.807) is 6.07 Å². The third kappa shape index (κ3) is 3.60. The lowest BCUT2D eigenvalue weighted by atomic mass is 10.1. The van der Waals surface area contributed by atoms with Crippen LogP contribution < -0.4 is 9.47 Å². The summed E-state index contributed by atoms with van der Waals surface area (Å²) < 4.78 is 12.1. The Labute approximate surface area is 149 Å². The van der Waals surface area contributed by atoms with E-state index in [0.29, 0.717) is 11.5 Å². The molecule has 4 heteroatoms. The summed E-state index contributed by atoms with van der Waals surface area (Å²) in [6, 6.07) is 17.3. The number of halogens is 1. The van der Waals surface area contributed by atoms with Crippen LogP contribution in [-0.2, 0) is 4.79 Å². The van der Waals surface area contributed by atoms with Crippen LogP contribution in [0.4, 0.5) is 0 Å². The van der Waals surface area contributed by atoms with Crippen molar-refractivity contribution in [2.45, 2.75) is 13.8 Å². The Morgan fingerprint density at radius 3 is 2.42 bits per heavy atom. The van der Waals surface area contributed by atoms with Gasteiger partial charge in [-0.25, -0.2) is 4.79 Å². The predicted octanol–water partition coefficient (Wildman–Crippen LogP) is 5.20. The molecule has 0 fully saturated rings. The van der Waals surface area contributed by atoms with Crippen molar-refractivity contribution in [1.29, 1.82) is 0 Å². The van der Waals surface area contributed by atoms with Crippen LogP contribution in [0.1, 0.15) is 11.1 Å². The largest absolute Gasteiger partial charge is 0.481 e. The molecule has 0 spiro atoms. The summed E-state index contributed by atoms with van der Waals surface area (Å²) in [5.41, 5.74) is 1.94. The molecule has 0 saturated carbocycles. The third-order valence-electron chi connectivity index (χ3n) is 3.73. The average molecular weight is 385 g/mol. The van der Waals surface area contributed by atoms with Crippen LogP contribution in [0.3, 0.4) is 0 Å². The van der Waals surface area contributed by atoms with E-state index >= 15 is 0 Å². The SMILES string of the molecule is Cc1cc(Br)cc(C)c1OCC(=O)Oc1cccc2ccccc12. The van der Waals surface area contributed by atoms with Crippen LogP contribution >= 0.6 is 15.9 Å². The molecule has 3 aromatic carbocycles. The van der Waals surface area contributed by atoms with Gasteiger partial charge in [0.15, 0.2) is 6.61 Å². The zero-order valence-electron chi connectivity index (χ0n) is 13.5. The minimum Gasteiger partial charge on any atom is -0.481 e. The Kier molecular flexibility index (Phi) is 4.86. The van der Waals surface area contributed by atoms with Crippen molar-refractivity contribution in [3.8, 4) is 11.5 Å². The van der Waals surface area contributed by atoms with Crippen LogP contribution in [0.5, 0.6) is 11.5 Å². The standard InChI is InChI=1S/C20H17BrO3/c1-13-10-16(21)11-14(2)20(13)23-12-19(22)24-18-9-5-7-15-6-3-4-8-17(15)18/h3-11H,12H2,1-2H3. The van der Waals surface area contributed by atoms with E-state index in [2.05, 4.69) is 15.9 Å². The highest BCUT2D eigenvalue weighted by molar-refractivity contribution is 9.10. The van der Waals surface area contributed by atoms with E-state index in [0.717, 1.165) is 26.4 Å². The van der Waals surface area contributed by atoms with Crippen molar-refractivity contribution in [3.05, 3.63) is 70.2 Å². The second-order valence-electron chi connectivity index (χ2n) is 5.61. The minimum atomic E-state index is -0.423. The minimum absolute atomic E-state index is 0.132. The zero-order chi connectivity index (χ0) is 17.1. The second-order valence-corrected chi connectivity index (χ2v) is 6.52. The smallest absolute Gasteiger partial charge is 0.349 e. The molecule has 0 aromatic heterocycles. The Balaban J connectivity index is 1.72. The van der Waals surface area contributed by atoms with Crippen LogP contribution in [0.15, 0.2) is 59.1 Å². The maximum absolute atomic E-state index is 12.2. The molecule has 0 aliphatic rings. The van der Waals surface area contributed by atoms with Crippen LogP contribution in [0, 0.1) is 13.8 Å². The molecule has 0 radical (unpaired) electrons. The molecule has 0 amide bonds. The molecule has 0 atom stereocenters. The second kappa shape index (κ2) is 7.05. The molecule has 0 heterocycles. The number of hydrogen-bond acceptors (Lipinski definition) is 3. The molecule has 3 nitrogen and oxygen atoms in total. The highest BCUT2D eigenvalue weighted by Gasteiger charge is 2.11. The normalized spacial score (nSPS) is 10.6. The monoisotopic (exact) mass is 384 g/mol. The number of aryl methyl sites for hydroxylation is 2. The zero-order valence-corrected chi connectivity index (χ0v) is 15.1. The van der Waals surface area contributed by atoms with E-state index in [-0.39, 0.29) is 6.61 Å². The summed E-state index contributed by atoms with van der Waals surface area (Å²) in [5.74, 6) is 0.840. The molecular formula is C20H17BrO3. The molecule has 122 valence electrons. The van der Waals surface area contributed by atoms with Gasteiger partial charge in [0.1, 0.15) is 11.5 Å². The van der Waals surface area contributed by atoms with E-state index in [1.807, 2.05) is 62.4 Å². The molecule has 0 saturated heterocycles. The molecule has 0 aliphatic carbocycles. The predicted molar refractivity (Wildman–Crippen MR) is 98.7 cm³/mol. The number of ether oxygens (including phenoxy) is 2. The van der Waals surface area contributed by atoms with Gasteiger partial charge in [0.25, 0.3) is 0 Å². The molecule has 24 heavy (non-hydrogen) atoms. The first kappa shape index (κ1) is 16.5. The Hall–Kier alpha value is -2.33. The highest BCUT2D eigenvalue weighted by atomic mass is 79.9. The van der Waals surface area contributed by atoms with Crippen LogP contribution in [0.25, 0.3) is 10.8 Å². The van der Waals surface area contributed by atoms with Crippen molar-refractivity contribution >= 4 is 32.7 Å². The fourth-order valence-corrected chi connectivity index (χ4v) is 3.38. The molecule has 0 aliphatic heterocycles. The number of carbonyl (C=O) groups is 1. The summed E-state index contributed by atoms with van der Waals surface area (Å²) in [6.07, 6.45) is 0. The first-order valence-corrected chi connectivity index (χ1v) is 8.42. The number of fused-ring (bicyclic) bond motifs is 1. The molecular weight excluding hydrogens is 368 g/mol. The maximum atomic E-state index is 12.2. The topological polar surface area (TPSA) is 35.5 Å². The van der Waals surface area contributed by atoms with E-state index in [1.165, 1.54) is 0 Å². The quantitative estimate of drug-likeness (QED) is 0.457. The van der Waals surface area contributed by atoms with Crippen LogP contribution in [0.2, 0.25) is 0 Å². The molecule has 0 bridgehead atoms. The number of rotatable bonds is 4. The van der Waals surface area contributed by atoms with Crippen molar-refractivity contribution in [1.82, 2.24) is 0 Å². The van der Waals surface area contributed by atoms with Gasteiger partial charge in [0, 0.05) is 9.86 Å². The van der Waals surface area contributed by atoms with Crippen molar-refractivity contribution < 1.29 is 14.3 Å². The maximum Gasteiger partial charge on any atom is 0.349 e. The summed E-state index contributed by atoms with van der Waals surface area (Å²) in [5, 5.41) is 1.94. The van der Waals surface area contributed by atoms with Crippen molar-refractivity contribution in [3.63, 3.8) is 0 Å². The molecule has 0 N–H and O–H groups in total. The first-order valence-electron chi connectivity index (χ1n) is 7.62. The Morgan fingerprint density at radius 1 is 1.00 bits per heavy atom. The van der Waals surface area contributed by atoms with Gasteiger partial charge >= 0.3 is 5.97 Å². The van der Waals surface area contributed by atoms with Gasteiger partial charge in [-0.2, -0.15) is 0 Å². The van der Waals surface area contributed by atoms with Crippen molar-refractivity contribution in [2.24, 2.45) is 0 Å². The van der Waals surface area contributed by atoms with Gasteiger partial charge in [-0.05, 0) is 48.6 Å². The lowest BCUT2D eigenvalue weighted by Gasteiger charge is -2.13. The molecule has 0 unspecified atom stereocenters. The summed E-state index contributed by atoms with van der Waals surface area (Å²) >= 11 is 3.45. The Bertz CT molecular complexity index is 874. The molecule has 3 rings (SSSR count). The van der Waals surface area contributed by atoms with Gasteiger partial charge in [-0.15, -0.1) is 0 Å². The molecule has 3 aromatic rings. The lowest BCUT2D eigenvalue weighted by Crippen LogP contribution is -2.18. The summed E-state index contributed by atoms with van der Waals surface area (Å²) in [4.78, 5) is 12.2. The third-order valence-corrected chi connectivity index (χ3v) is 4.19. The number of esters is 1. The fourth-order valence-electron chi connectivity index (χ4n) is 2.69. The number of carbonyl (C=O) groups excluding carboxylic acids is 1. The van der Waals surface area contributed by atoms with Gasteiger partial charge in [-0.3, -0.25) is 0 Å². The van der Waals surface area contributed by atoms with E-state index in [4.69, 9.17) is 9.47 Å². The van der Waals surface area contributed by atoms with Gasteiger partial charge in [0.05, 0.1) is 0 Å².